The van der Waals surface area contributed by atoms with Crippen molar-refractivity contribution in [3.05, 3.63) is 59.7 Å². The largest absolute Gasteiger partial charge is 0.483 e. The summed E-state index contributed by atoms with van der Waals surface area (Å²) >= 11 is 0. The third-order valence-electron chi connectivity index (χ3n) is 3.02. The van der Waals surface area contributed by atoms with E-state index in [-0.39, 0.29) is 12.3 Å². The van der Waals surface area contributed by atoms with Crippen molar-refractivity contribution < 1.29 is 22.7 Å². The second-order valence-corrected chi connectivity index (χ2v) is 4.77. The van der Waals surface area contributed by atoms with Gasteiger partial charge in [-0.3, -0.25) is 15.6 Å². The summed E-state index contributed by atoms with van der Waals surface area (Å²) < 4.78 is 43.7. The van der Waals surface area contributed by atoms with Crippen LogP contribution in [0.2, 0.25) is 0 Å². The van der Waals surface area contributed by atoms with Crippen LogP contribution in [0.15, 0.2) is 48.5 Å². The van der Waals surface area contributed by atoms with Crippen LogP contribution in [0.4, 0.5) is 18.9 Å². The number of halogens is 3. The minimum atomic E-state index is -4.51. The van der Waals surface area contributed by atoms with Crippen molar-refractivity contribution in [2.45, 2.75) is 13.1 Å². The molecule has 122 valence electrons. The highest BCUT2D eigenvalue weighted by Gasteiger charge is 2.33. The molecule has 0 unspecified atom stereocenters. The van der Waals surface area contributed by atoms with E-state index in [1.54, 1.807) is 12.1 Å². The van der Waals surface area contributed by atoms with Crippen LogP contribution < -0.4 is 15.6 Å². The summed E-state index contributed by atoms with van der Waals surface area (Å²) in [7, 11) is 0. The maximum atomic E-state index is 12.8. The van der Waals surface area contributed by atoms with Gasteiger partial charge >= 0.3 is 6.18 Å². The summed E-state index contributed by atoms with van der Waals surface area (Å²) in [5, 5.41) is 0. The number of anilines is 1. The Kier molecular flexibility index (Phi) is 5.10. The van der Waals surface area contributed by atoms with Crippen LogP contribution in [0.1, 0.15) is 11.1 Å². The number of hydrogen-bond donors (Lipinski definition) is 2. The summed E-state index contributed by atoms with van der Waals surface area (Å²) in [5.41, 5.74) is 4.22. The molecule has 2 aromatic carbocycles. The first kappa shape index (κ1) is 16.7. The molecule has 0 aromatic heterocycles. The van der Waals surface area contributed by atoms with Crippen molar-refractivity contribution in [2.75, 3.05) is 12.0 Å². The average Bonchev–Trinajstić information content (AvgIpc) is 2.51. The quantitative estimate of drug-likeness (QED) is 0.827. The molecule has 4 nitrogen and oxygen atoms in total. The Bertz CT molecular complexity index is 687. The molecule has 0 fully saturated rings. The van der Waals surface area contributed by atoms with Gasteiger partial charge in [0.2, 0.25) is 0 Å². The van der Waals surface area contributed by atoms with Crippen LogP contribution in [0.5, 0.6) is 5.75 Å². The Morgan fingerprint density at radius 3 is 2.43 bits per heavy atom. The van der Waals surface area contributed by atoms with Crippen LogP contribution in [0.25, 0.3) is 0 Å². The summed E-state index contributed by atoms with van der Waals surface area (Å²) in [5.74, 6) is -0.0522. The van der Waals surface area contributed by atoms with E-state index in [9.17, 15) is 18.0 Å². The molecule has 0 aliphatic rings. The molecular weight excluding hydrogens is 309 g/mol. The molecule has 2 N–H and O–H groups in total. The summed E-state index contributed by atoms with van der Waals surface area (Å²) in [6, 6.07) is 12.0. The molecule has 2 rings (SSSR count). The standard InChI is InChI=1S/C16H15F3N2O2/c1-11-6-2-5-9-14(11)23-10-15(22)21-20-13-8-4-3-7-12(13)16(17,18)19/h2-9,20H,10H2,1H3,(H,21,22). The van der Waals surface area contributed by atoms with Crippen molar-refractivity contribution in [1.29, 1.82) is 0 Å². The zero-order valence-corrected chi connectivity index (χ0v) is 12.3. The van der Waals surface area contributed by atoms with Gasteiger partial charge in [-0.1, -0.05) is 30.3 Å². The smallest absolute Gasteiger partial charge is 0.418 e. The summed E-state index contributed by atoms with van der Waals surface area (Å²) in [6.07, 6.45) is -4.51. The molecule has 23 heavy (non-hydrogen) atoms. The van der Waals surface area contributed by atoms with Crippen LogP contribution in [0.3, 0.4) is 0 Å². The monoisotopic (exact) mass is 324 g/mol. The second kappa shape index (κ2) is 7.04. The molecule has 0 aliphatic heterocycles. The number of alkyl halides is 3. The van der Waals surface area contributed by atoms with Crippen LogP contribution in [-0.4, -0.2) is 12.5 Å². The number of carbonyl (C=O) groups is 1. The predicted molar refractivity (Wildman–Crippen MR) is 79.9 cm³/mol. The number of rotatable bonds is 5. The van der Waals surface area contributed by atoms with E-state index in [2.05, 4.69) is 10.9 Å². The van der Waals surface area contributed by atoms with Gasteiger partial charge in [-0.05, 0) is 30.7 Å². The average molecular weight is 324 g/mol. The maximum Gasteiger partial charge on any atom is 0.418 e. The van der Waals surface area contributed by atoms with Gasteiger partial charge in [-0.25, -0.2) is 0 Å². The number of ether oxygens (including phenoxy) is 1. The van der Waals surface area contributed by atoms with Gasteiger partial charge in [0.1, 0.15) is 5.75 Å². The molecule has 2 aromatic rings. The molecule has 7 heteroatoms. The van der Waals surface area contributed by atoms with E-state index in [1.807, 2.05) is 19.1 Å². The SMILES string of the molecule is Cc1ccccc1OCC(=O)NNc1ccccc1C(F)(F)F. The van der Waals surface area contributed by atoms with Gasteiger partial charge in [0.25, 0.3) is 5.91 Å². The van der Waals surface area contributed by atoms with Crippen LogP contribution in [-0.2, 0) is 11.0 Å². The van der Waals surface area contributed by atoms with Crippen LogP contribution in [0, 0.1) is 6.92 Å². The Balaban J connectivity index is 1.92. The molecular formula is C16H15F3N2O2. The lowest BCUT2D eigenvalue weighted by atomic mass is 10.2. The number of hydrazine groups is 1. The molecule has 0 saturated heterocycles. The van der Waals surface area contributed by atoms with Gasteiger partial charge in [0.15, 0.2) is 6.61 Å². The highest BCUT2D eigenvalue weighted by Crippen LogP contribution is 2.34. The van der Waals surface area contributed by atoms with Gasteiger partial charge < -0.3 is 4.74 Å². The third kappa shape index (κ3) is 4.64. The number of amides is 1. The van der Waals surface area contributed by atoms with Gasteiger partial charge in [-0.2, -0.15) is 13.2 Å². The molecule has 0 aliphatic carbocycles. The minimum Gasteiger partial charge on any atom is -0.483 e. The molecule has 0 saturated carbocycles. The first-order valence-corrected chi connectivity index (χ1v) is 6.77. The van der Waals surface area contributed by atoms with Gasteiger partial charge in [-0.15, -0.1) is 0 Å². The van der Waals surface area contributed by atoms with Crippen molar-refractivity contribution >= 4 is 11.6 Å². The molecule has 1 amide bonds. The van der Waals surface area contributed by atoms with Crippen molar-refractivity contribution in [2.24, 2.45) is 0 Å². The number of hydrogen-bond acceptors (Lipinski definition) is 3. The minimum absolute atomic E-state index is 0.232. The van der Waals surface area contributed by atoms with E-state index < -0.39 is 17.6 Å². The topological polar surface area (TPSA) is 50.4 Å². The lowest BCUT2D eigenvalue weighted by Crippen LogP contribution is -2.34. The lowest BCUT2D eigenvalue weighted by molar-refractivity contribution is -0.137. The zero-order chi connectivity index (χ0) is 16.9. The van der Waals surface area contributed by atoms with E-state index in [4.69, 9.17) is 4.74 Å². The maximum absolute atomic E-state index is 12.8. The Labute approximate surface area is 131 Å². The highest BCUT2D eigenvalue weighted by molar-refractivity contribution is 5.79. The first-order chi connectivity index (χ1) is 10.9. The number of carbonyl (C=O) groups excluding carboxylic acids is 1. The normalized spacial score (nSPS) is 11.0. The number of para-hydroxylation sites is 2. The van der Waals surface area contributed by atoms with Gasteiger partial charge in [0, 0.05) is 0 Å². The fourth-order valence-electron chi connectivity index (χ4n) is 1.87. The molecule has 0 heterocycles. The Hall–Kier alpha value is -2.70. The highest BCUT2D eigenvalue weighted by atomic mass is 19.4. The lowest BCUT2D eigenvalue weighted by Gasteiger charge is -2.15. The number of nitrogens with one attached hydrogen (secondary N) is 2. The summed E-state index contributed by atoms with van der Waals surface area (Å²) in [4.78, 5) is 11.7. The first-order valence-electron chi connectivity index (χ1n) is 6.77. The predicted octanol–water partition coefficient (Wildman–Crippen LogP) is 3.54. The molecule has 0 bridgehead atoms. The van der Waals surface area contributed by atoms with E-state index >= 15 is 0 Å². The van der Waals surface area contributed by atoms with Crippen LogP contribution >= 0.6 is 0 Å². The third-order valence-corrected chi connectivity index (χ3v) is 3.02. The second-order valence-electron chi connectivity index (χ2n) is 4.77. The Morgan fingerprint density at radius 1 is 1.09 bits per heavy atom. The van der Waals surface area contributed by atoms with Crippen molar-refractivity contribution in [3.8, 4) is 5.75 Å². The fourth-order valence-corrected chi connectivity index (χ4v) is 1.87. The van der Waals surface area contributed by atoms with E-state index in [0.717, 1.165) is 11.6 Å². The summed E-state index contributed by atoms with van der Waals surface area (Å²) in [6.45, 7) is 1.51. The van der Waals surface area contributed by atoms with Crippen molar-refractivity contribution in [3.63, 3.8) is 0 Å². The fraction of sp³-hybridized carbons (Fsp3) is 0.188. The van der Waals surface area contributed by atoms with E-state index in [1.165, 1.54) is 18.2 Å². The molecule has 0 radical (unpaired) electrons. The number of aryl methyl sites for hydroxylation is 1. The zero-order valence-electron chi connectivity index (χ0n) is 12.3. The molecule has 0 atom stereocenters. The number of benzene rings is 2. The van der Waals surface area contributed by atoms with Gasteiger partial charge in [0.05, 0.1) is 11.3 Å². The van der Waals surface area contributed by atoms with E-state index in [0.29, 0.717) is 5.75 Å². The van der Waals surface area contributed by atoms with Crippen molar-refractivity contribution in [1.82, 2.24) is 5.43 Å². The molecule has 0 spiro atoms. The Morgan fingerprint density at radius 2 is 1.74 bits per heavy atom.